The zero-order valence-electron chi connectivity index (χ0n) is 16.0. The van der Waals surface area contributed by atoms with E-state index in [1.54, 1.807) is 24.1 Å². The minimum Gasteiger partial charge on any atom is -0.508 e. The van der Waals surface area contributed by atoms with Crippen LogP contribution in [0.15, 0.2) is 30.3 Å². The number of hydrogen-bond donors (Lipinski definition) is 2. The minimum atomic E-state index is -0.147. The number of pyridine rings is 1. The Morgan fingerprint density at radius 1 is 1.22 bits per heavy atom. The molecular weight excluding hydrogens is 344 g/mol. The van der Waals surface area contributed by atoms with Crippen molar-refractivity contribution in [2.24, 2.45) is 0 Å². The highest BCUT2D eigenvalue weighted by molar-refractivity contribution is 5.91. The van der Waals surface area contributed by atoms with E-state index < -0.39 is 0 Å². The number of phenolic OH excluding ortho intramolecular Hbond substituents is 1. The lowest BCUT2D eigenvalue weighted by molar-refractivity contribution is 0.208. The van der Waals surface area contributed by atoms with Gasteiger partial charge >= 0.3 is 6.03 Å². The summed E-state index contributed by atoms with van der Waals surface area (Å²) in [7, 11) is 1.56. The Balaban J connectivity index is 1.64. The van der Waals surface area contributed by atoms with Gasteiger partial charge < -0.3 is 25.0 Å². The molecule has 0 atom stereocenters. The first-order valence-corrected chi connectivity index (χ1v) is 9.16. The first-order valence-electron chi connectivity index (χ1n) is 9.16. The molecule has 1 fully saturated rings. The molecule has 1 aromatic heterocycles. The molecule has 0 saturated carbocycles. The van der Waals surface area contributed by atoms with Crippen LogP contribution in [0.25, 0.3) is 0 Å². The number of rotatable bonds is 4. The number of carbonyl (C=O) groups is 1. The topological polar surface area (TPSA) is 77.9 Å². The Labute approximate surface area is 159 Å². The predicted molar refractivity (Wildman–Crippen MR) is 106 cm³/mol. The summed E-state index contributed by atoms with van der Waals surface area (Å²) in [6.07, 6.45) is 0.844. The van der Waals surface area contributed by atoms with Crippen LogP contribution in [0.5, 0.6) is 11.6 Å². The van der Waals surface area contributed by atoms with Crippen molar-refractivity contribution >= 4 is 17.4 Å². The Morgan fingerprint density at radius 2 is 1.89 bits per heavy atom. The molecule has 0 radical (unpaired) electrons. The minimum absolute atomic E-state index is 0.147. The molecule has 7 nitrogen and oxygen atoms in total. The van der Waals surface area contributed by atoms with E-state index in [0.717, 1.165) is 36.5 Å². The molecule has 27 heavy (non-hydrogen) atoms. The molecule has 0 spiro atoms. The molecule has 144 valence electrons. The maximum absolute atomic E-state index is 12.7. The van der Waals surface area contributed by atoms with Crippen molar-refractivity contribution in [3.63, 3.8) is 0 Å². The molecule has 2 heterocycles. The standard InChI is InChI=1S/C20H26N4O3/c1-4-15-13-18(19(27-3)21-14(15)2)22-20(26)24-11-9-23(10-12-24)16-5-7-17(25)8-6-16/h5-8,13,25H,4,9-12H2,1-3H3,(H,22,26). The number of methoxy groups -OCH3 is 1. The second kappa shape index (κ2) is 8.16. The number of anilines is 2. The number of ether oxygens (including phenoxy) is 1. The summed E-state index contributed by atoms with van der Waals surface area (Å²) >= 11 is 0. The lowest BCUT2D eigenvalue weighted by atomic mass is 10.1. The van der Waals surface area contributed by atoms with Crippen LogP contribution >= 0.6 is 0 Å². The van der Waals surface area contributed by atoms with Crippen molar-refractivity contribution in [3.8, 4) is 11.6 Å². The van der Waals surface area contributed by atoms with Crippen molar-refractivity contribution in [2.75, 3.05) is 43.5 Å². The number of urea groups is 1. The zero-order valence-corrected chi connectivity index (χ0v) is 16.0. The monoisotopic (exact) mass is 370 g/mol. The van der Waals surface area contributed by atoms with Gasteiger partial charge in [0, 0.05) is 37.6 Å². The number of benzene rings is 1. The van der Waals surface area contributed by atoms with Crippen molar-refractivity contribution in [1.82, 2.24) is 9.88 Å². The number of aryl methyl sites for hydroxylation is 2. The summed E-state index contributed by atoms with van der Waals surface area (Å²) in [5.41, 5.74) is 3.65. The third-order valence-electron chi connectivity index (χ3n) is 4.88. The average Bonchev–Trinajstić information content (AvgIpc) is 2.69. The highest BCUT2D eigenvalue weighted by atomic mass is 16.5. The smallest absolute Gasteiger partial charge is 0.322 e. The fourth-order valence-electron chi connectivity index (χ4n) is 3.25. The Morgan fingerprint density at radius 3 is 2.48 bits per heavy atom. The quantitative estimate of drug-likeness (QED) is 0.865. The molecular formula is C20H26N4O3. The van der Waals surface area contributed by atoms with E-state index in [1.165, 1.54) is 0 Å². The van der Waals surface area contributed by atoms with Gasteiger partial charge in [-0.3, -0.25) is 0 Å². The molecule has 2 N–H and O–H groups in total. The van der Waals surface area contributed by atoms with Crippen LogP contribution in [0.1, 0.15) is 18.2 Å². The summed E-state index contributed by atoms with van der Waals surface area (Å²) in [6, 6.07) is 8.92. The summed E-state index contributed by atoms with van der Waals surface area (Å²) in [6.45, 7) is 6.72. The number of nitrogens with zero attached hydrogens (tertiary/aromatic N) is 3. The van der Waals surface area contributed by atoms with Gasteiger partial charge in [0.15, 0.2) is 0 Å². The number of piperazine rings is 1. The van der Waals surface area contributed by atoms with E-state index in [-0.39, 0.29) is 11.8 Å². The van der Waals surface area contributed by atoms with E-state index in [9.17, 15) is 9.90 Å². The first kappa shape index (κ1) is 18.8. The van der Waals surface area contributed by atoms with E-state index in [4.69, 9.17) is 4.74 Å². The van der Waals surface area contributed by atoms with Crippen LogP contribution in [-0.4, -0.2) is 54.3 Å². The van der Waals surface area contributed by atoms with Crippen LogP contribution in [0, 0.1) is 6.92 Å². The van der Waals surface area contributed by atoms with Gasteiger partial charge in [-0.1, -0.05) is 6.92 Å². The number of aromatic nitrogens is 1. The summed E-state index contributed by atoms with van der Waals surface area (Å²) in [5.74, 6) is 0.685. The van der Waals surface area contributed by atoms with Crippen LogP contribution in [0.4, 0.5) is 16.2 Å². The SMILES string of the molecule is CCc1cc(NC(=O)N2CCN(c3ccc(O)cc3)CC2)c(OC)nc1C. The van der Waals surface area contributed by atoms with Gasteiger partial charge in [-0.15, -0.1) is 0 Å². The molecule has 1 aromatic carbocycles. The van der Waals surface area contributed by atoms with Gasteiger partial charge in [-0.05, 0) is 49.2 Å². The van der Waals surface area contributed by atoms with Crippen LogP contribution in [0.2, 0.25) is 0 Å². The highest BCUT2D eigenvalue weighted by Crippen LogP contribution is 2.26. The summed E-state index contributed by atoms with van der Waals surface area (Å²) in [5, 5.41) is 12.4. The second-order valence-electron chi connectivity index (χ2n) is 6.56. The van der Waals surface area contributed by atoms with Gasteiger partial charge in [0.1, 0.15) is 11.4 Å². The molecule has 0 aliphatic carbocycles. The molecule has 0 bridgehead atoms. The molecule has 0 unspecified atom stereocenters. The number of aromatic hydroxyl groups is 1. The van der Waals surface area contributed by atoms with Gasteiger partial charge in [0.05, 0.1) is 7.11 Å². The summed E-state index contributed by atoms with van der Waals surface area (Å²) in [4.78, 5) is 21.1. The van der Waals surface area contributed by atoms with Gasteiger partial charge in [0.2, 0.25) is 5.88 Å². The Hall–Kier alpha value is -2.96. The van der Waals surface area contributed by atoms with E-state index in [2.05, 4.69) is 22.1 Å². The van der Waals surface area contributed by atoms with E-state index in [0.29, 0.717) is 24.7 Å². The molecule has 1 aliphatic rings. The molecule has 1 aliphatic heterocycles. The fourth-order valence-corrected chi connectivity index (χ4v) is 3.25. The Kier molecular flexibility index (Phi) is 5.69. The molecule has 7 heteroatoms. The highest BCUT2D eigenvalue weighted by Gasteiger charge is 2.22. The lowest BCUT2D eigenvalue weighted by Gasteiger charge is -2.36. The van der Waals surface area contributed by atoms with Crippen LogP contribution in [0.3, 0.4) is 0 Å². The van der Waals surface area contributed by atoms with Crippen LogP contribution in [-0.2, 0) is 6.42 Å². The molecule has 3 rings (SSSR count). The normalized spacial score (nSPS) is 14.2. The van der Waals surface area contributed by atoms with Crippen molar-refractivity contribution in [1.29, 1.82) is 0 Å². The van der Waals surface area contributed by atoms with Gasteiger partial charge in [-0.2, -0.15) is 0 Å². The van der Waals surface area contributed by atoms with Crippen LogP contribution < -0.4 is 15.0 Å². The third kappa shape index (κ3) is 4.24. The summed E-state index contributed by atoms with van der Waals surface area (Å²) < 4.78 is 5.33. The Bertz CT molecular complexity index is 800. The fraction of sp³-hybridized carbons (Fsp3) is 0.400. The van der Waals surface area contributed by atoms with Crippen molar-refractivity contribution in [3.05, 3.63) is 41.6 Å². The number of nitrogens with one attached hydrogen (secondary N) is 1. The largest absolute Gasteiger partial charge is 0.508 e. The van der Waals surface area contributed by atoms with Crippen molar-refractivity contribution < 1.29 is 14.6 Å². The number of carbonyl (C=O) groups excluding carboxylic acids is 1. The molecule has 1 saturated heterocycles. The predicted octanol–water partition coefficient (Wildman–Crippen LogP) is 3.02. The van der Waals surface area contributed by atoms with Crippen molar-refractivity contribution in [2.45, 2.75) is 20.3 Å². The second-order valence-corrected chi connectivity index (χ2v) is 6.56. The molecule has 2 amide bonds. The first-order chi connectivity index (χ1) is 13.0. The van der Waals surface area contributed by atoms with E-state index >= 15 is 0 Å². The zero-order chi connectivity index (χ0) is 19.4. The van der Waals surface area contributed by atoms with Gasteiger partial charge in [-0.25, -0.2) is 9.78 Å². The number of amides is 2. The average molecular weight is 370 g/mol. The maximum atomic E-state index is 12.7. The number of phenols is 1. The third-order valence-corrected chi connectivity index (χ3v) is 4.88. The van der Waals surface area contributed by atoms with E-state index in [1.807, 2.05) is 25.1 Å². The maximum Gasteiger partial charge on any atom is 0.322 e. The number of hydrogen-bond acceptors (Lipinski definition) is 5. The molecule has 2 aromatic rings. The van der Waals surface area contributed by atoms with Gasteiger partial charge in [0.25, 0.3) is 0 Å². The lowest BCUT2D eigenvalue weighted by Crippen LogP contribution is -2.50.